The molecule has 0 spiro atoms. The minimum atomic E-state index is -0.759. The molecule has 4 heteroatoms. The maximum Gasteiger partial charge on any atom is 0.248 e. The Morgan fingerprint density at radius 1 is 1.06 bits per heavy atom. The second-order valence-corrected chi connectivity index (χ2v) is 4.14. The van der Waals surface area contributed by atoms with E-state index in [9.17, 15) is 9.18 Å². The third-order valence-corrected chi connectivity index (χ3v) is 2.75. The molecule has 1 atom stereocenters. The second-order valence-electron chi connectivity index (χ2n) is 3.77. The number of benzene rings is 2. The summed E-state index contributed by atoms with van der Waals surface area (Å²) in [5, 5.41) is 2.23. The first-order valence-corrected chi connectivity index (χ1v) is 5.81. The van der Waals surface area contributed by atoms with Gasteiger partial charge >= 0.3 is 0 Å². The zero-order chi connectivity index (χ0) is 13.0. The number of hydrogen-bond acceptors (Lipinski definition) is 2. The summed E-state index contributed by atoms with van der Waals surface area (Å²) in [7, 11) is 0. The minimum absolute atomic E-state index is 0.250. The van der Waals surface area contributed by atoms with Crippen molar-refractivity contribution in [2.75, 3.05) is 5.32 Å². The molecular formula is C14H11ClFNO. The quantitative estimate of drug-likeness (QED) is 0.852. The summed E-state index contributed by atoms with van der Waals surface area (Å²) in [5.74, 6) is -0.420. The average Bonchev–Trinajstić information content (AvgIpc) is 2.38. The first-order valence-electron chi connectivity index (χ1n) is 5.44. The number of para-hydroxylation sites is 1. The van der Waals surface area contributed by atoms with Gasteiger partial charge in [-0.15, -0.1) is 0 Å². The van der Waals surface area contributed by atoms with Crippen molar-refractivity contribution >= 4 is 22.5 Å². The predicted molar refractivity (Wildman–Crippen MR) is 70.1 cm³/mol. The van der Waals surface area contributed by atoms with Crippen molar-refractivity contribution in [1.29, 1.82) is 0 Å². The van der Waals surface area contributed by atoms with E-state index in [-0.39, 0.29) is 5.69 Å². The Bertz CT molecular complexity index is 545. The van der Waals surface area contributed by atoms with E-state index in [1.54, 1.807) is 42.5 Å². The van der Waals surface area contributed by atoms with Crippen molar-refractivity contribution in [2.45, 2.75) is 6.04 Å². The Morgan fingerprint density at radius 2 is 1.67 bits per heavy atom. The van der Waals surface area contributed by atoms with Crippen LogP contribution in [0.4, 0.5) is 10.1 Å². The maximum absolute atomic E-state index is 13.5. The van der Waals surface area contributed by atoms with Gasteiger partial charge in [0.1, 0.15) is 11.9 Å². The van der Waals surface area contributed by atoms with Crippen LogP contribution >= 0.6 is 11.6 Å². The fourth-order valence-electron chi connectivity index (χ4n) is 1.65. The van der Waals surface area contributed by atoms with Crippen molar-refractivity contribution < 1.29 is 9.18 Å². The molecule has 2 aromatic carbocycles. The van der Waals surface area contributed by atoms with Crippen LogP contribution in [-0.2, 0) is 4.79 Å². The lowest BCUT2D eigenvalue weighted by atomic mass is 10.1. The number of carbonyl (C=O) groups excluding carboxylic acids is 1. The van der Waals surface area contributed by atoms with Gasteiger partial charge in [-0.3, -0.25) is 4.79 Å². The molecule has 1 N–H and O–H groups in total. The highest BCUT2D eigenvalue weighted by Gasteiger charge is 2.19. The van der Waals surface area contributed by atoms with Gasteiger partial charge in [0.2, 0.25) is 5.24 Å². The summed E-state index contributed by atoms with van der Waals surface area (Å²) in [4.78, 5) is 11.4. The Hall–Kier alpha value is -1.87. The third kappa shape index (κ3) is 2.87. The second kappa shape index (κ2) is 5.65. The molecule has 1 unspecified atom stereocenters. The zero-order valence-corrected chi connectivity index (χ0v) is 10.2. The number of hydrogen-bond donors (Lipinski definition) is 1. The van der Waals surface area contributed by atoms with E-state index >= 15 is 0 Å². The third-order valence-electron chi connectivity index (χ3n) is 2.53. The summed E-state index contributed by atoms with van der Waals surface area (Å²) in [6.07, 6.45) is 0. The minimum Gasteiger partial charge on any atom is -0.368 e. The van der Waals surface area contributed by atoms with Crippen LogP contribution in [-0.4, -0.2) is 5.24 Å². The van der Waals surface area contributed by atoms with Gasteiger partial charge in [-0.05, 0) is 29.3 Å². The van der Waals surface area contributed by atoms with Crippen molar-refractivity contribution in [1.82, 2.24) is 0 Å². The monoisotopic (exact) mass is 263 g/mol. The molecule has 2 rings (SSSR count). The van der Waals surface area contributed by atoms with Gasteiger partial charge in [-0.25, -0.2) is 4.39 Å². The summed E-state index contributed by atoms with van der Waals surface area (Å²) < 4.78 is 13.5. The number of rotatable bonds is 4. The molecule has 0 fully saturated rings. The Balaban J connectivity index is 2.28. The topological polar surface area (TPSA) is 29.1 Å². The Labute approximate surface area is 109 Å². The fourth-order valence-corrected chi connectivity index (χ4v) is 1.83. The predicted octanol–water partition coefficient (Wildman–Crippen LogP) is 3.74. The van der Waals surface area contributed by atoms with E-state index in [1.165, 1.54) is 6.07 Å². The van der Waals surface area contributed by atoms with Crippen molar-refractivity contribution in [3.8, 4) is 0 Å². The number of halogens is 2. The van der Waals surface area contributed by atoms with Gasteiger partial charge in [0.25, 0.3) is 0 Å². The zero-order valence-electron chi connectivity index (χ0n) is 9.44. The average molecular weight is 264 g/mol. The van der Waals surface area contributed by atoms with Gasteiger partial charge in [0.05, 0.1) is 5.69 Å². The van der Waals surface area contributed by atoms with Gasteiger partial charge in [0.15, 0.2) is 0 Å². The Morgan fingerprint density at radius 3 is 2.28 bits per heavy atom. The van der Waals surface area contributed by atoms with E-state index in [0.29, 0.717) is 5.56 Å². The normalized spacial score (nSPS) is 11.9. The molecule has 92 valence electrons. The van der Waals surface area contributed by atoms with E-state index in [2.05, 4.69) is 5.32 Å². The van der Waals surface area contributed by atoms with Gasteiger partial charge < -0.3 is 5.32 Å². The van der Waals surface area contributed by atoms with Crippen LogP contribution in [0.3, 0.4) is 0 Å². The fraction of sp³-hybridized carbons (Fsp3) is 0.0714. The summed E-state index contributed by atoms with van der Waals surface area (Å²) in [5.41, 5.74) is 0.945. The van der Waals surface area contributed by atoms with E-state index < -0.39 is 17.1 Å². The molecular weight excluding hydrogens is 253 g/mol. The molecule has 0 aromatic heterocycles. The first-order chi connectivity index (χ1) is 8.68. The summed E-state index contributed by atoms with van der Waals surface area (Å²) >= 11 is 5.56. The molecule has 0 aliphatic heterocycles. The lowest BCUT2D eigenvalue weighted by molar-refractivity contribution is -0.112. The van der Waals surface area contributed by atoms with Crippen LogP contribution in [0.15, 0.2) is 54.6 Å². The van der Waals surface area contributed by atoms with Crippen LogP contribution < -0.4 is 5.32 Å². The van der Waals surface area contributed by atoms with Crippen molar-refractivity contribution in [3.05, 3.63) is 66.0 Å². The van der Waals surface area contributed by atoms with Crippen molar-refractivity contribution in [3.63, 3.8) is 0 Å². The van der Waals surface area contributed by atoms with Gasteiger partial charge in [-0.2, -0.15) is 0 Å². The van der Waals surface area contributed by atoms with Crippen molar-refractivity contribution in [2.24, 2.45) is 0 Å². The van der Waals surface area contributed by atoms with Crippen LogP contribution in [0.2, 0.25) is 0 Å². The molecule has 0 amide bonds. The molecule has 0 saturated carbocycles. The molecule has 2 aromatic rings. The maximum atomic E-state index is 13.5. The Kier molecular flexibility index (Phi) is 3.95. The summed E-state index contributed by atoms with van der Waals surface area (Å²) in [6.45, 7) is 0. The standard InChI is InChI=1S/C14H11ClFNO/c15-14(18)13(10-6-2-1-3-7-10)17-12-9-5-4-8-11(12)16/h1-9,13,17H. The number of nitrogens with one attached hydrogen (secondary N) is 1. The van der Waals surface area contributed by atoms with E-state index in [0.717, 1.165) is 0 Å². The highest BCUT2D eigenvalue weighted by Crippen LogP contribution is 2.23. The SMILES string of the molecule is O=C(Cl)C(Nc1ccccc1F)c1ccccc1. The van der Waals surface area contributed by atoms with E-state index in [4.69, 9.17) is 11.6 Å². The molecule has 18 heavy (non-hydrogen) atoms. The van der Waals surface area contributed by atoms with Gasteiger partial charge in [0, 0.05) is 0 Å². The molecule has 0 bridgehead atoms. The van der Waals surface area contributed by atoms with Crippen LogP contribution in [0.5, 0.6) is 0 Å². The van der Waals surface area contributed by atoms with Crippen LogP contribution in [0.25, 0.3) is 0 Å². The lowest BCUT2D eigenvalue weighted by Gasteiger charge is -2.16. The van der Waals surface area contributed by atoms with Gasteiger partial charge in [-0.1, -0.05) is 42.5 Å². The highest BCUT2D eigenvalue weighted by atomic mass is 35.5. The largest absolute Gasteiger partial charge is 0.368 e. The first kappa shape index (κ1) is 12.6. The molecule has 0 saturated heterocycles. The molecule has 0 aliphatic rings. The number of carbonyl (C=O) groups is 1. The lowest BCUT2D eigenvalue weighted by Crippen LogP contribution is -2.17. The number of anilines is 1. The molecule has 2 nitrogen and oxygen atoms in total. The summed E-state index contributed by atoms with van der Waals surface area (Å²) in [6, 6.07) is 14.3. The smallest absolute Gasteiger partial charge is 0.248 e. The molecule has 0 heterocycles. The van der Waals surface area contributed by atoms with E-state index in [1.807, 2.05) is 6.07 Å². The van der Waals surface area contributed by atoms with Crippen LogP contribution in [0.1, 0.15) is 11.6 Å². The molecule has 0 radical (unpaired) electrons. The highest BCUT2D eigenvalue weighted by molar-refractivity contribution is 6.64. The van der Waals surface area contributed by atoms with Crippen LogP contribution in [0, 0.1) is 5.82 Å². The molecule has 0 aliphatic carbocycles.